The van der Waals surface area contributed by atoms with Crippen molar-refractivity contribution in [2.24, 2.45) is 5.92 Å². The highest BCUT2D eigenvalue weighted by Gasteiger charge is 2.54. The van der Waals surface area contributed by atoms with Crippen molar-refractivity contribution in [1.29, 1.82) is 0 Å². The molecule has 0 bridgehead atoms. The average Bonchev–Trinajstić information content (AvgIpc) is 3.07. The molecule has 20 heteroatoms. The zero-order chi connectivity index (χ0) is 34.7. The van der Waals surface area contributed by atoms with E-state index in [0.717, 1.165) is 0 Å². The Morgan fingerprint density at radius 1 is 0.404 bits per heavy atom. The van der Waals surface area contributed by atoms with Crippen LogP contribution in [0.1, 0.15) is 6.92 Å². The van der Waals surface area contributed by atoms with Gasteiger partial charge in [-0.15, -0.1) is 0 Å². The second kappa shape index (κ2) is 16.9. The van der Waals surface area contributed by atoms with Gasteiger partial charge in [-0.1, -0.05) is 6.92 Å². The molecule has 4 heterocycles. The third kappa shape index (κ3) is 7.92. The van der Waals surface area contributed by atoms with E-state index < -0.39 is 149 Å². The SMILES string of the molecule is COC1OC(CO)C(OC2OC(CO)C(OC3OC(CO)C(OC4OC(CO)C(OC)C(O)C4O)C(O)C3O)C(C)C2O)C(O)C1O. The van der Waals surface area contributed by atoms with Crippen LogP contribution in [0.2, 0.25) is 0 Å². The topological polar surface area (TPSA) is 306 Å². The van der Waals surface area contributed by atoms with Gasteiger partial charge in [0.25, 0.3) is 0 Å². The third-order valence-electron chi connectivity index (χ3n) is 9.03. The van der Waals surface area contributed by atoms with E-state index in [9.17, 15) is 56.2 Å². The number of methoxy groups -OCH3 is 2. The number of aliphatic hydroxyl groups is 11. The van der Waals surface area contributed by atoms with E-state index in [-0.39, 0.29) is 0 Å². The summed E-state index contributed by atoms with van der Waals surface area (Å²) < 4.78 is 49.6. The summed E-state index contributed by atoms with van der Waals surface area (Å²) in [6.45, 7) is -1.29. The summed E-state index contributed by atoms with van der Waals surface area (Å²) in [5, 5.41) is 114. The summed E-state index contributed by atoms with van der Waals surface area (Å²) in [6.07, 6.45) is -28.1. The van der Waals surface area contributed by atoms with Gasteiger partial charge in [-0.25, -0.2) is 0 Å². The molecule has 47 heavy (non-hydrogen) atoms. The minimum atomic E-state index is -1.87. The van der Waals surface area contributed by atoms with Crippen LogP contribution in [0.4, 0.5) is 0 Å². The zero-order valence-electron chi connectivity index (χ0n) is 26.0. The smallest absolute Gasteiger partial charge is 0.187 e. The molecule has 20 nitrogen and oxygen atoms in total. The molecule has 4 aliphatic heterocycles. The van der Waals surface area contributed by atoms with E-state index in [1.807, 2.05) is 0 Å². The molecule has 0 aromatic heterocycles. The first-order valence-electron chi connectivity index (χ1n) is 15.2. The van der Waals surface area contributed by atoms with Crippen molar-refractivity contribution < 1.29 is 98.8 Å². The Morgan fingerprint density at radius 2 is 0.723 bits per heavy atom. The van der Waals surface area contributed by atoms with Crippen molar-refractivity contribution in [3.05, 3.63) is 0 Å². The van der Waals surface area contributed by atoms with Crippen LogP contribution in [0.25, 0.3) is 0 Å². The molecule has 20 atom stereocenters. The molecular weight excluding hydrogens is 644 g/mol. The lowest BCUT2D eigenvalue weighted by Crippen LogP contribution is -2.66. The van der Waals surface area contributed by atoms with E-state index in [4.69, 9.17) is 42.6 Å². The Kier molecular flexibility index (Phi) is 14.1. The first-order valence-corrected chi connectivity index (χ1v) is 15.2. The second-order valence-electron chi connectivity index (χ2n) is 11.9. The second-order valence-corrected chi connectivity index (χ2v) is 11.9. The number of ether oxygens (including phenoxy) is 9. The van der Waals surface area contributed by atoms with Crippen LogP contribution in [0.5, 0.6) is 0 Å². The highest BCUT2D eigenvalue weighted by Crippen LogP contribution is 2.36. The highest BCUT2D eigenvalue weighted by molar-refractivity contribution is 4.97. The standard InChI is InChI=1S/C27H48O20/c1-8-13(32)25(46-22-11(6-30)41-24(40-3)17(36)15(22)34)42-9(4-28)20(8)45-26-19(38)16(35)23(12(7-31)44-26)47-27-18(37)14(33)21(39-2)10(5-29)43-27/h8-38H,4-7H2,1-3H3. The van der Waals surface area contributed by atoms with Crippen LogP contribution in [0.15, 0.2) is 0 Å². The molecule has 0 aromatic carbocycles. The highest BCUT2D eigenvalue weighted by atomic mass is 16.8. The largest absolute Gasteiger partial charge is 0.394 e. The van der Waals surface area contributed by atoms with E-state index in [0.29, 0.717) is 0 Å². The minimum absolute atomic E-state index is 0.619. The quantitative estimate of drug-likeness (QED) is 0.0905. The molecule has 0 spiro atoms. The molecule has 0 amide bonds. The summed E-state index contributed by atoms with van der Waals surface area (Å²) in [5.74, 6) is -0.942. The Bertz CT molecular complexity index is 942. The van der Waals surface area contributed by atoms with Crippen LogP contribution in [0.3, 0.4) is 0 Å². The van der Waals surface area contributed by atoms with Crippen LogP contribution in [-0.4, -0.2) is 214 Å². The lowest BCUT2D eigenvalue weighted by atomic mass is 9.90. The number of rotatable bonds is 12. The number of aliphatic hydroxyl groups excluding tert-OH is 11. The number of hydrogen-bond donors (Lipinski definition) is 11. The van der Waals surface area contributed by atoms with Crippen molar-refractivity contribution in [3.63, 3.8) is 0 Å². The summed E-state index contributed by atoms with van der Waals surface area (Å²) in [6, 6.07) is 0. The molecule has 0 radical (unpaired) electrons. The maximum atomic E-state index is 11.1. The molecule has 276 valence electrons. The third-order valence-corrected chi connectivity index (χ3v) is 9.03. The van der Waals surface area contributed by atoms with Gasteiger partial charge in [0.1, 0.15) is 85.5 Å². The molecule has 4 saturated heterocycles. The molecule has 20 unspecified atom stereocenters. The molecule has 4 aliphatic rings. The van der Waals surface area contributed by atoms with E-state index >= 15 is 0 Å². The maximum absolute atomic E-state index is 11.1. The molecule has 11 N–H and O–H groups in total. The molecular formula is C27H48O20. The van der Waals surface area contributed by atoms with Gasteiger partial charge in [-0.2, -0.15) is 0 Å². The van der Waals surface area contributed by atoms with E-state index in [2.05, 4.69) is 0 Å². The van der Waals surface area contributed by atoms with Gasteiger partial charge >= 0.3 is 0 Å². The van der Waals surface area contributed by atoms with Crippen molar-refractivity contribution in [2.45, 2.75) is 124 Å². The fraction of sp³-hybridized carbons (Fsp3) is 1.00. The summed E-state index contributed by atoms with van der Waals surface area (Å²) >= 11 is 0. The summed E-state index contributed by atoms with van der Waals surface area (Å²) in [4.78, 5) is 0. The molecule has 0 aromatic rings. The van der Waals surface area contributed by atoms with Crippen molar-refractivity contribution >= 4 is 0 Å². The van der Waals surface area contributed by atoms with Gasteiger partial charge < -0.3 is 98.8 Å². The average molecular weight is 693 g/mol. The molecule has 4 rings (SSSR count). The van der Waals surface area contributed by atoms with Gasteiger partial charge in [-0.3, -0.25) is 0 Å². The normalized spacial score (nSPS) is 51.2. The molecule has 0 aliphatic carbocycles. The van der Waals surface area contributed by atoms with Crippen LogP contribution in [0, 0.1) is 5.92 Å². The van der Waals surface area contributed by atoms with Crippen molar-refractivity contribution in [3.8, 4) is 0 Å². The Labute approximate surface area is 269 Å². The first-order chi connectivity index (χ1) is 22.4. The fourth-order valence-corrected chi connectivity index (χ4v) is 6.25. The summed E-state index contributed by atoms with van der Waals surface area (Å²) in [7, 11) is 2.47. The van der Waals surface area contributed by atoms with E-state index in [1.54, 1.807) is 0 Å². The molecule has 0 saturated carbocycles. The van der Waals surface area contributed by atoms with Crippen LogP contribution in [-0.2, 0) is 42.6 Å². The van der Waals surface area contributed by atoms with Crippen LogP contribution < -0.4 is 0 Å². The maximum Gasteiger partial charge on any atom is 0.187 e. The predicted molar refractivity (Wildman–Crippen MR) is 147 cm³/mol. The van der Waals surface area contributed by atoms with Gasteiger partial charge in [0, 0.05) is 20.1 Å². The minimum Gasteiger partial charge on any atom is -0.394 e. The zero-order valence-corrected chi connectivity index (χ0v) is 26.0. The lowest BCUT2D eigenvalue weighted by molar-refractivity contribution is -0.384. The lowest BCUT2D eigenvalue weighted by Gasteiger charge is -2.49. The monoisotopic (exact) mass is 692 g/mol. The first kappa shape index (κ1) is 39.0. The van der Waals surface area contributed by atoms with Gasteiger partial charge in [-0.05, 0) is 0 Å². The molecule has 4 fully saturated rings. The van der Waals surface area contributed by atoms with Crippen LogP contribution >= 0.6 is 0 Å². The Balaban J connectivity index is 1.43. The van der Waals surface area contributed by atoms with Crippen molar-refractivity contribution in [2.75, 3.05) is 40.6 Å². The van der Waals surface area contributed by atoms with Gasteiger partial charge in [0.05, 0.1) is 32.5 Å². The fourth-order valence-electron chi connectivity index (χ4n) is 6.25. The van der Waals surface area contributed by atoms with Gasteiger partial charge in [0.2, 0.25) is 0 Å². The Morgan fingerprint density at radius 3 is 1.13 bits per heavy atom. The van der Waals surface area contributed by atoms with Crippen molar-refractivity contribution in [1.82, 2.24) is 0 Å². The van der Waals surface area contributed by atoms with E-state index in [1.165, 1.54) is 21.1 Å². The summed E-state index contributed by atoms with van der Waals surface area (Å²) in [5.41, 5.74) is 0. The number of hydrogen-bond acceptors (Lipinski definition) is 20. The Hall–Kier alpha value is -0.800. The van der Waals surface area contributed by atoms with Gasteiger partial charge in [0.15, 0.2) is 25.2 Å². The predicted octanol–water partition coefficient (Wildman–Crippen LogP) is -7.17.